The number of rotatable bonds is 4. The molecule has 21 heavy (non-hydrogen) atoms. The highest BCUT2D eigenvalue weighted by atomic mass is 32.2. The van der Waals surface area contributed by atoms with Crippen LogP contribution >= 0.6 is 23.1 Å². The molecule has 0 aliphatic heterocycles. The molecular weight excluding hydrogens is 294 g/mol. The number of aryl methyl sites for hydroxylation is 1. The molecule has 0 N–H and O–H groups in total. The molecule has 0 aliphatic rings. The first-order valence-corrected chi connectivity index (χ1v) is 8.96. The maximum atomic E-state index is 4.80. The molecule has 0 aliphatic carbocycles. The van der Waals surface area contributed by atoms with Gasteiger partial charge in [-0.1, -0.05) is 60.7 Å². The molecular formula is C18H17NS2. The van der Waals surface area contributed by atoms with Gasteiger partial charge in [0.25, 0.3) is 0 Å². The Morgan fingerprint density at radius 2 is 1.43 bits per heavy atom. The Bertz CT molecular complexity index is 665. The first-order chi connectivity index (χ1) is 10.3. The third kappa shape index (κ3) is 2.52. The van der Waals surface area contributed by atoms with Gasteiger partial charge in [0.15, 0.2) is 0 Å². The first kappa shape index (κ1) is 14.4. The Balaban J connectivity index is 2.28. The lowest BCUT2D eigenvalue weighted by molar-refractivity contribution is 0.856. The summed E-state index contributed by atoms with van der Waals surface area (Å²) in [5, 5.41) is 3.29. The highest BCUT2D eigenvalue weighted by Gasteiger charge is 2.37. The fourth-order valence-corrected chi connectivity index (χ4v) is 4.47. The van der Waals surface area contributed by atoms with Crippen molar-refractivity contribution >= 4 is 23.1 Å². The molecule has 3 rings (SSSR count). The van der Waals surface area contributed by atoms with E-state index in [1.54, 1.807) is 11.3 Å². The van der Waals surface area contributed by atoms with E-state index < -0.39 is 0 Å². The quantitative estimate of drug-likeness (QED) is 0.664. The fraction of sp³-hybridized carbons (Fsp3) is 0.167. The van der Waals surface area contributed by atoms with E-state index in [4.69, 9.17) is 4.98 Å². The monoisotopic (exact) mass is 311 g/mol. The fourth-order valence-electron chi connectivity index (χ4n) is 2.67. The molecule has 1 aromatic heterocycles. The standard InChI is InChI=1S/C18H17NS2/c1-14-19-17(13-21-14)18(20-2,15-9-5-3-6-10-15)16-11-7-4-8-12-16/h3-13H,1-2H3. The molecule has 1 heterocycles. The van der Waals surface area contributed by atoms with Crippen molar-refractivity contribution in [3.63, 3.8) is 0 Å². The van der Waals surface area contributed by atoms with Crippen LogP contribution in [0.2, 0.25) is 0 Å². The van der Waals surface area contributed by atoms with Gasteiger partial charge in [0, 0.05) is 5.38 Å². The van der Waals surface area contributed by atoms with Crippen LogP contribution in [0, 0.1) is 6.92 Å². The molecule has 0 amide bonds. The molecule has 3 heteroatoms. The first-order valence-electron chi connectivity index (χ1n) is 6.86. The number of hydrogen-bond donors (Lipinski definition) is 0. The second kappa shape index (κ2) is 6.04. The summed E-state index contributed by atoms with van der Waals surface area (Å²) in [6.07, 6.45) is 2.16. The van der Waals surface area contributed by atoms with E-state index in [1.165, 1.54) is 11.1 Å². The van der Waals surface area contributed by atoms with Gasteiger partial charge in [-0.3, -0.25) is 0 Å². The summed E-state index contributed by atoms with van der Waals surface area (Å²) in [5.74, 6) is 0. The van der Waals surface area contributed by atoms with Crippen molar-refractivity contribution in [1.29, 1.82) is 0 Å². The van der Waals surface area contributed by atoms with Crippen LogP contribution in [0.4, 0.5) is 0 Å². The van der Waals surface area contributed by atoms with Crippen molar-refractivity contribution in [2.75, 3.05) is 6.26 Å². The van der Waals surface area contributed by atoms with E-state index in [-0.39, 0.29) is 4.75 Å². The van der Waals surface area contributed by atoms with Crippen molar-refractivity contribution in [3.8, 4) is 0 Å². The lowest BCUT2D eigenvalue weighted by atomic mass is 9.88. The van der Waals surface area contributed by atoms with Crippen LogP contribution in [-0.2, 0) is 4.75 Å². The van der Waals surface area contributed by atoms with Gasteiger partial charge in [0.05, 0.1) is 10.7 Å². The molecule has 0 saturated carbocycles. The Hall–Kier alpha value is -1.58. The number of benzene rings is 2. The maximum absolute atomic E-state index is 4.80. The number of hydrogen-bond acceptors (Lipinski definition) is 3. The van der Waals surface area contributed by atoms with Gasteiger partial charge >= 0.3 is 0 Å². The Morgan fingerprint density at radius 3 is 1.81 bits per heavy atom. The molecule has 2 aromatic carbocycles. The van der Waals surface area contributed by atoms with Crippen molar-refractivity contribution in [3.05, 3.63) is 87.9 Å². The predicted octanol–water partition coefficient (Wildman–Crippen LogP) is 5.11. The van der Waals surface area contributed by atoms with Crippen LogP contribution in [0.5, 0.6) is 0 Å². The van der Waals surface area contributed by atoms with Gasteiger partial charge in [-0.2, -0.15) is 0 Å². The lowest BCUT2D eigenvalue weighted by Gasteiger charge is -2.32. The van der Waals surface area contributed by atoms with Gasteiger partial charge in [-0.05, 0) is 24.3 Å². The smallest absolute Gasteiger partial charge is 0.108 e. The van der Waals surface area contributed by atoms with Gasteiger partial charge in [0.2, 0.25) is 0 Å². The zero-order chi connectivity index (χ0) is 14.7. The van der Waals surface area contributed by atoms with Crippen LogP contribution in [-0.4, -0.2) is 11.2 Å². The molecule has 106 valence electrons. The van der Waals surface area contributed by atoms with E-state index >= 15 is 0 Å². The molecule has 0 spiro atoms. The van der Waals surface area contributed by atoms with E-state index in [0.717, 1.165) is 10.7 Å². The number of thiazole rings is 1. The van der Waals surface area contributed by atoms with Crippen molar-refractivity contribution < 1.29 is 0 Å². The third-order valence-electron chi connectivity index (χ3n) is 3.65. The summed E-state index contributed by atoms with van der Waals surface area (Å²) in [4.78, 5) is 4.80. The minimum absolute atomic E-state index is 0.243. The van der Waals surface area contributed by atoms with Crippen LogP contribution < -0.4 is 0 Å². The zero-order valence-electron chi connectivity index (χ0n) is 12.1. The average Bonchev–Trinajstić information content (AvgIpc) is 2.98. The minimum atomic E-state index is -0.243. The second-order valence-corrected chi connectivity index (χ2v) is 6.95. The maximum Gasteiger partial charge on any atom is 0.108 e. The van der Waals surface area contributed by atoms with Crippen LogP contribution in [0.25, 0.3) is 0 Å². The van der Waals surface area contributed by atoms with Gasteiger partial charge < -0.3 is 0 Å². The summed E-state index contributed by atoms with van der Waals surface area (Å²) in [6.45, 7) is 2.06. The van der Waals surface area contributed by atoms with E-state index in [2.05, 4.69) is 79.2 Å². The van der Waals surface area contributed by atoms with Gasteiger partial charge in [-0.25, -0.2) is 4.98 Å². The van der Waals surface area contributed by atoms with Gasteiger partial charge in [0.1, 0.15) is 4.75 Å². The van der Waals surface area contributed by atoms with Crippen molar-refractivity contribution in [2.45, 2.75) is 11.7 Å². The summed E-state index contributed by atoms with van der Waals surface area (Å²) in [6, 6.07) is 21.3. The highest BCUT2D eigenvalue weighted by Crippen LogP contribution is 2.47. The molecule has 0 fully saturated rings. The predicted molar refractivity (Wildman–Crippen MR) is 93.1 cm³/mol. The average molecular weight is 311 g/mol. The molecule has 0 saturated heterocycles. The summed E-state index contributed by atoms with van der Waals surface area (Å²) in [7, 11) is 0. The summed E-state index contributed by atoms with van der Waals surface area (Å²) >= 11 is 3.55. The summed E-state index contributed by atoms with van der Waals surface area (Å²) < 4.78 is -0.243. The lowest BCUT2D eigenvalue weighted by Crippen LogP contribution is -2.25. The van der Waals surface area contributed by atoms with Gasteiger partial charge in [-0.15, -0.1) is 23.1 Å². The zero-order valence-corrected chi connectivity index (χ0v) is 13.7. The molecule has 1 nitrogen and oxygen atoms in total. The van der Waals surface area contributed by atoms with E-state index in [1.807, 2.05) is 11.8 Å². The Labute approximate surface area is 134 Å². The molecule has 0 unspecified atom stereocenters. The van der Waals surface area contributed by atoms with E-state index in [9.17, 15) is 0 Å². The Morgan fingerprint density at radius 1 is 0.905 bits per heavy atom. The SMILES string of the molecule is CSC(c1ccccc1)(c1ccccc1)c1csc(C)n1. The highest BCUT2D eigenvalue weighted by molar-refractivity contribution is 8.00. The number of thioether (sulfide) groups is 1. The largest absolute Gasteiger partial charge is 0.244 e. The second-order valence-electron chi connectivity index (χ2n) is 4.87. The Kier molecular flexibility index (Phi) is 4.13. The van der Waals surface area contributed by atoms with Crippen LogP contribution in [0.1, 0.15) is 21.8 Å². The normalized spacial score (nSPS) is 11.5. The summed E-state index contributed by atoms with van der Waals surface area (Å²) in [5.41, 5.74) is 3.66. The molecule has 0 atom stereocenters. The minimum Gasteiger partial charge on any atom is -0.244 e. The van der Waals surface area contributed by atoms with Crippen molar-refractivity contribution in [2.24, 2.45) is 0 Å². The van der Waals surface area contributed by atoms with Crippen LogP contribution in [0.15, 0.2) is 66.0 Å². The van der Waals surface area contributed by atoms with Crippen molar-refractivity contribution in [1.82, 2.24) is 4.98 Å². The number of aromatic nitrogens is 1. The number of nitrogens with zero attached hydrogens (tertiary/aromatic N) is 1. The topological polar surface area (TPSA) is 12.9 Å². The third-order valence-corrected chi connectivity index (χ3v) is 5.71. The molecule has 0 bridgehead atoms. The van der Waals surface area contributed by atoms with E-state index in [0.29, 0.717) is 0 Å². The van der Waals surface area contributed by atoms with Crippen LogP contribution in [0.3, 0.4) is 0 Å². The molecule has 0 radical (unpaired) electrons. The molecule has 3 aromatic rings.